The summed E-state index contributed by atoms with van der Waals surface area (Å²) in [5.74, 6) is -4.75. The van der Waals surface area contributed by atoms with Crippen LogP contribution in [0.4, 0.5) is 0 Å². The molecule has 0 fully saturated rings. The van der Waals surface area contributed by atoms with Gasteiger partial charge in [0, 0.05) is 20.4 Å². The average molecular weight is 181 g/mol. The zero-order valence-corrected chi connectivity index (χ0v) is 7.10. The van der Waals surface area contributed by atoms with E-state index < -0.39 is 18.4 Å². The fourth-order valence-electron chi connectivity index (χ4n) is 0.925. The third-order valence-corrected chi connectivity index (χ3v) is 1.35. The standard InChI is InChI=1S/C6H15NO5/c1-5(9,10)7(3-4-8)6(2,11)12/h8-12H,3-4H2,1-2H3. The largest absolute Gasteiger partial charge is 0.395 e. The fourth-order valence-corrected chi connectivity index (χ4v) is 0.925. The Hall–Kier alpha value is -0.240. The van der Waals surface area contributed by atoms with Crippen molar-refractivity contribution in [1.82, 2.24) is 4.90 Å². The van der Waals surface area contributed by atoms with Crippen LogP contribution in [-0.4, -0.2) is 55.4 Å². The van der Waals surface area contributed by atoms with Crippen molar-refractivity contribution in [2.45, 2.75) is 25.7 Å². The molecular weight excluding hydrogens is 166 g/mol. The normalized spacial score (nSPS) is 14.0. The van der Waals surface area contributed by atoms with E-state index in [1.807, 2.05) is 0 Å². The minimum Gasteiger partial charge on any atom is -0.395 e. The zero-order valence-electron chi connectivity index (χ0n) is 7.10. The average Bonchev–Trinajstić information content (AvgIpc) is 1.77. The molecule has 6 nitrogen and oxygen atoms in total. The van der Waals surface area contributed by atoms with Gasteiger partial charge in [0.1, 0.15) is 0 Å². The Morgan fingerprint density at radius 3 is 1.42 bits per heavy atom. The molecule has 0 bridgehead atoms. The molecule has 0 heterocycles. The summed E-state index contributed by atoms with van der Waals surface area (Å²) in [4.78, 5) is 0.528. The molecule has 0 aliphatic heterocycles. The first-order chi connectivity index (χ1) is 5.19. The number of rotatable bonds is 4. The summed E-state index contributed by atoms with van der Waals surface area (Å²) in [6, 6.07) is 0. The molecule has 0 saturated carbocycles. The number of nitrogens with zero attached hydrogens (tertiary/aromatic N) is 1. The van der Waals surface area contributed by atoms with Gasteiger partial charge in [0.05, 0.1) is 6.61 Å². The molecule has 0 aliphatic carbocycles. The van der Waals surface area contributed by atoms with Crippen LogP contribution in [0.1, 0.15) is 13.8 Å². The zero-order chi connectivity index (χ0) is 9.99. The molecule has 0 aliphatic rings. The van der Waals surface area contributed by atoms with Crippen molar-refractivity contribution in [2.75, 3.05) is 13.2 Å². The van der Waals surface area contributed by atoms with Gasteiger partial charge in [-0.15, -0.1) is 0 Å². The summed E-state index contributed by atoms with van der Waals surface area (Å²) in [6.45, 7) is 1.26. The van der Waals surface area contributed by atoms with Gasteiger partial charge in [-0.2, -0.15) is 4.90 Å². The second-order valence-corrected chi connectivity index (χ2v) is 2.82. The summed E-state index contributed by atoms with van der Waals surface area (Å²) >= 11 is 0. The topological polar surface area (TPSA) is 104 Å². The predicted molar refractivity (Wildman–Crippen MR) is 39.5 cm³/mol. The van der Waals surface area contributed by atoms with Crippen molar-refractivity contribution in [3.63, 3.8) is 0 Å². The lowest BCUT2D eigenvalue weighted by atomic mass is 10.3. The molecule has 0 amide bonds. The Morgan fingerprint density at radius 2 is 1.33 bits per heavy atom. The van der Waals surface area contributed by atoms with E-state index >= 15 is 0 Å². The van der Waals surface area contributed by atoms with E-state index in [2.05, 4.69) is 0 Å². The molecule has 0 aromatic heterocycles. The summed E-state index contributed by atoms with van der Waals surface area (Å²) in [5, 5.41) is 44.5. The third kappa shape index (κ3) is 3.44. The van der Waals surface area contributed by atoms with Gasteiger partial charge in [-0.25, -0.2) is 0 Å². The maximum absolute atomic E-state index is 8.99. The molecule has 0 aromatic rings. The van der Waals surface area contributed by atoms with Crippen molar-refractivity contribution in [3.8, 4) is 0 Å². The number of hydrogen-bond acceptors (Lipinski definition) is 6. The van der Waals surface area contributed by atoms with Gasteiger partial charge in [-0.3, -0.25) is 0 Å². The van der Waals surface area contributed by atoms with Gasteiger partial charge in [0.2, 0.25) is 11.8 Å². The highest BCUT2D eigenvalue weighted by Gasteiger charge is 2.38. The van der Waals surface area contributed by atoms with E-state index in [1.165, 1.54) is 0 Å². The summed E-state index contributed by atoms with van der Waals surface area (Å²) in [5.41, 5.74) is 0. The van der Waals surface area contributed by atoms with Crippen LogP contribution in [0.25, 0.3) is 0 Å². The van der Waals surface area contributed by atoms with Crippen molar-refractivity contribution in [1.29, 1.82) is 0 Å². The van der Waals surface area contributed by atoms with E-state index in [-0.39, 0.29) is 6.54 Å². The molecule has 5 N–H and O–H groups in total. The van der Waals surface area contributed by atoms with Gasteiger partial charge < -0.3 is 25.5 Å². The van der Waals surface area contributed by atoms with Crippen LogP contribution in [0, 0.1) is 0 Å². The predicted octanol–water partition coefficient (Wildman–Crippen LogP) is -2.40. The molecule has 0 atom stereocenters. The molecule has 0 aromatic carbocycles. The molecule has 0 radical (unpaired) electrons. The van der Waals surface area contributed by atoms with Crippen LogP contribution in [0.2, 0.25) is 0 Å². The monoisotopic (exact) mass is 181 g/mol. The summed E-state index contributed by atoms with van der Waals surface area (Å²) < 4.78 is 0. The van der Waals surface area contributed by atoms with E-state index in [0.717, 1.165) is 13.8 Å². The highest BCUT2D eigenvalue weighted by atomic mass is 16.6. The van der Waals surface area contributed by atoms with Gasteiger partial charge >= 0.3 is 0 Å². The molecule has 0 spiro atoms. The first-order valence-corrected chi connectivity index (χ1v) is 3.47. The minimum absolute atomic E-state index is 0.257. The molecule has 0 saturated heterocycles. The molecule has 12 heavy (non-hydrogen) atoms. The lowest BCUT2D eigenvalue weighted by Crippen LogP contribution is -2.59. The van der Waals surface area contributed by atoms with Gasteiger partial charge in [-0.1, -0.05) is 0 Å². The van der Waals surface area contributed by atoms with E-state index in [0.29, 0.717) is 4.90 Å². The lowest BCUT2D eigenvalue weighted by Gasteiger charge is -2.38. The van der Waals surface area contributed by atoms with Crippen molar-refractivity contribution < 1.29 is 25.5 Å². The lowest BCUT2D eigenvalue weighted by molar-refractivity contribution is -0.371. The van der Waals surface area contributed by atoms with Crippen molar-refractivity contribution in [2.24, 2.45) is 0 Å². The summed E-state index contributed by atoms with van der Waals surface area (Å²) in [6.07, 6.45) is 0. The van der Waals surface area contributed by atoms with Crippen molar-refractivity contribution >= 4 is 0 Å². The second kappa shape index (κ2) is 3.65. The molecule has 0 rings (SSSR count). The number of hydrogen-bond donors (Lipinski definition) is 5. The first kappa shape index (κ1) is 11.8. The quantitative estimate of drug-likeness (QED) is 0.310. The van der Waals surface area contributed by atoms with Crippen LogP contribution in [0.5, 0.6) is 0 Å². The van der Waals surface area contributed by atoms with Gasteiger partial charge in [-0.05, 0) is 0 Å². The minimum atomic E-state index is -2.37. The molecular formula is C6H15NO5. The Morgan fingerprint density at radius 1 is 1.00 bits per heavy atom. The first-order valence-electron chi connectivity index (χ1n) is 3.47. The van der Waals surface area contributed by atoms with E-state index in [1.54, 1.807) is 0 Å². The molecule has 6 heteroatoms. The van der Waals surface area contributed by atoms with Gasteiger partial charge in [0.25, 0.3) is 0 Å². The highest BCUT2D eigenvalue weighted by molar-refractivity contribution is 4.68. The fraction of sp³-hybridized carbons (Fsp3) is 1.00. The second-order valence-electron chi connectivity index (χ2n) is 2.82. The number of aliphatic hydroxyl groups excluding tert-OH is 1. The van der Waals surface area contributed by atoms with Crippen LogP contribution in [0.3, 0.4) is 0 Å². The van der Waals surface area contributed by atoms with Crippen LogP contribution in [0.15, 0.2) is 0 Å². The van der Waals surface area contributed by atoms with E-state index in [4.69, 9.17) is 25.5 Å². The SMILES string of the molecule is CC(O)(O)N(CCO)C(C)(O)O. The van der Waals surface area contributed by atoms with Gasteiger partial charge in [0.15, 0.2) is 0 Å². The number of aliphatic hydroxyl groups is 5. The van der Waals surface area contributed by atoms with Crippen molar-refractivity contribution in [3.05, 3.63) is 0 Å². The van der Waals surface area contributed by atoms with E-state index in [9.17, 15) is 0 Å². The van der Waals surface area contributed by atoms with Crippen LogP contribution < -0.4 is 0 Å². The summed E-state index contributed by atoms with van der Waals surface area (Å²) in [7, 11) is 0. The molecule has 74 valence electrons. The van der Waals surface area contributed by atoms with Crippen LogP contribution >= 0.6 is 0 Å². The maximum atomic E-state index is 8.99. The Kier molecular flexibility index (Phi) is 3.58. The Bertz CT molecular complexity index is 122. The Labute approximate surface area is 70.3 Å². The highest BCUT2D eigenvalue weighted by Crippen LogP contribution is 2.16. The smallest absolute Gasteiger partial charge is 0.226 e. The maximum Gasteiger partial charge on any atom is 0.226 e. The molecule has 0 unspecified atom stereocenters. The third-order valence-electron chi connectivity index (χ3n) is 1.35. The Balaban J connectivity index is 4.45. The van der Waals surface area contributed by atoms with Crippen LogP contribution in [-0.2, 0) is 0 Å².